The summed E-state index contributed by atoms with van der Waals surface area (Å²) in [6.45, 7) is 4.35. The number of rotatable bonds is 6. The maximum Gasteiger partial charge on any atom is 0.191 e. The highest BCUT2D eigenvalue weighted by atomic mass is 32.2. The predicted molar refractivity (Wildman–Crippen MR) is 90.0 cm³/mol. The maximum atomic E-state index is 11.7. The molecule has 2 aromatic heterocycles. The largest absolute Gasteiger partial charge is 0.302 e. The van der Waals surface area contributed by atoms with Crippen LogP contribution in [0.2, 0.25) is 0 Å². The summed E-state index contributed by atoms with van der Waals surface area (Å²) in [5, 5.41) is 9.27. The van der Waals surface area contributed by atoms with Crippen LogP contribution in [0.4, 0.5) is 0 Å². The summed E-state index contributed by atoms with van der Waals surface area (Å²) in [5.74, 6) is 1.76. The second-order valence-corrected chi connectivity index (χ2v) is 8.62. The van der Waals surface area contributed by atoms with Crippen LogP contribution in [0, 0.1) is 0 Å². The number of sulfone groups is 1. The number of aromatic nitrogens is 4. The van der Waals surface area contributed by atoms with Crippen molar-refractivity contribution in [2.75, 3.05) is 11.5 Å². The van der Waals surface area contributed by atoms with Gasteiger partial charge >= 0.3 is 0 Å². The van der Waals surface area contributed by atoms with Crippen LogP contribution in [0.3, 0.4) is 0 Å². The van der Waals surface area contributed by atoms with E-state index in [0.717, 1.165) is 16.7 Å². The molecular formula is C15H18N4O2S2. The molecule has 0 radical (unpaired) electrons. The molecule has 2 aromatic rings. The van der Waals surface area contributed by atoms with Gasteiger partial charge in [0.1, 0.15) is 5.82 Å². The Bertz CT molecular complexity index is 787. The molecular weight excluding hydrogens is 332 g/mol. The Morgan fingerprint density at radius 1 is 1.39 bits per heavy atom. The van der Waals surface area contributed by atoms with Crippen LogP contribution < -0.4 is 0 Å². The molecule has 0 amide bonds. The lowest BCUT2D eigenvalue weighted by molar-refractivity contribution is 0.597. The zero-order chi connectivity index (χ0) is 16.3. The summed E-state index contributed by atoms with van der Waals surface area (Å²) in [5.41, 5.74) is 0.968. The summed E-state index contributed by atoms with van der Waals surface area (Å²) >= 11 is 1.55. The molecule has 0 N–H and O–H groups in total. The minimum Gasteiger partial charge on any atom is -0.302 e. The normalized spacial score (nSPS) is 19.7. The third kappa shape index (κ3) is 3.81. The number of thioether (sulfide) groups is 1. The number of pyridine rings is 1. The highest BCUT2D eigenvalue weighted by Crippen LogP contribution is 2.30. The van der Waals surface area contributed by atoms with Gasteiger partial charge in [-0.25, -0.2) is 8.42 Å². The van der Waals surface area contributed by atoms with Gasteiger partial charge in [-0.15, -0.1) is 16.8 Å². The molecule has 0 bridgehead atoms. The first-order chi connectivity index (χ1) is 11.1. The van der Waals surface area contributed by atoms with Crippen molar-refractivity contribution in [1.29, 1.82) is 0 Å². The number of hydrogen-bond donors (Lipinski definition) is 0. The number of hydrogen-bond acceptors (Lipinski definition) is 6. The first-order valence-corrected chi connectivity index (χ1v) is 10.2. The summed E-state index contributed by atoms with van der Waals surface area (Å²) in [7, 11) is -2.95. The minimum atomic E-state index is -2.95. The molecule has 6 nitrogen and oxygen atoms in total. The van der Waals surface area contributed by atoms with Gasteiger partial charge in [0.2, 0.25) is 0 Å². The Kier molecular flexibility index (Phi) is 4.82. The molecule has 23 heavy (non-hydrogen) atoms. The van der Waals surface area contributed by atoms with E-state index >= 15 is 0 Å². The van der Waals surface area contributed by atoms with Crippen LogP contribution in [-0.4, -0.2) is 39.7 Å². The van der Waals surface area contributed by atoms with Crippen molar-refractivity contribution in [3.05, 3.63) is 48.6 Å². The van der Waals surface area contributed by atoms with Crippen molar-refractivity contribution in [2.24, 2.45) is 0 Å². The van der Waals surface area contributed by atoms with E-state index < -0.39 is 9.84 Å². The standard InChI is InChI=1S/C15H18N4O2S2/c1-2-8-19-14(12-6-9-23(20,21)11-12)17-18-15(19)22-10-13-5-3-4-7-16-13/h2-5,7,12H,1,6,8-11H2/t12-/m0/s1. The Morgan fingerprint density at radius 2 is 2.26 bits per heavy atom. The van der Waals surface area contributed by atoms with E-state index in [1.54, 1.807) is 24.0 Å². The highest BCUT2D eigenvalue weighted by Gasteiger charge is 2.33. The molecule has 0 spiro atoms. The molecule has 122 valence electrons. The van der Waals surface area contributed by atoms with E-state index in [2.05, 4.69) is 21.8 Å². The lowest BCUT2D eigenvalue weighted by Gasteiger charge is -2.11. The fraction of sp³-hybridized carbons (Fsp3) is 0.400. The second-order valence-electron chi connectivity index (χ2n) is 5.45. The van der Waals surface area contributed by atoms with E-state index in [9.17, 15) is 8.42 Å². The lowest BCUT2D eigenvalue weighted by atomic mass is 10.1. The van der Waals surface area contributed by atoms with Gasteiger partial charge in [-0.1, -0.05) is 23.9 Å². The molecule has 1 atom stereocenters. The molecule has 1 aliphatic heterocycles. The van der Waals surface area contributed by atoms with E-state index in [4.69, 9.17) is 0 Å². The smallest absolute Gasteiger partial charge is 0.191 e. The topological polar surface area (TPSA) is 77.7 Å². The van der Waals surface area contributed by atoms with E-state index in [-0.39, 0.29) is 17.4 Å². The Morgan fingerprint density at radius 3 is 2.91 bits per heavy atom. The number of allylic oxidation sites excluding steroid dienone is 1. The van der Waals surface area contributed by atoms with Gasteiger partial charge < -0.3 is 4.57 Å². The zero-order valence-electron chi connectivity index (χ0n) is 12.6. The van der Waals surface area contributed by atoms with Gasteiger partial charge in [0.05, 0.1) is 17.2 Å². The van der Waals surface area contributed by atoms with Gasteiger partial charge in [0.25, 0.3) is 0 Å². The van der Waals surface area contributed by atoms with Gasteiger partial charge in [-0.05, 0) is 18.6 Å². The SMILES string of the molecule is C=CCn1c(SCc2ccccn2)nnc1[C@H]1CCS(=O)(=O)C1. The summed E-state index contributed by atoms with van der Waals surface area (Å²) in [4.78, 5) is 4.29. The summed E-state index contributed by atoms with van der Waals surface area (Å²) in [6, 6.07) is 5.80. The van der Waals surface area contributed by atoms with Crippen LogP contribution in [0.1, 0.15) is 23.9 Å². The molecule has 8 heteroatoms. The summed E-state index contributed by atoms with van der Waals surface area (Å²) in [6.07, 6.45) is 4.16. The van der Waals surface area contributed by atoms with E-state index in [1.807, 2.05) is 22.8 Å². The van der Waals surface area contributed by atoms with Crippen LogP contribution in [0.5, 0.6) is 0 Å². The molecule has 0 aromatic carbocycles. The van der Waals surface area contributed by atoms with Crippen molar-refractivity contribution in [2.45, 2.75) is 29.8 Å². The van der Waals surface area contributed by atoms with Crippen molar-refractivity contribution in [3.8, 4) is 0 Å². The number of nitrogens with zero attached hydrogens (tertiary/aromatic N) is 4. The quantitative estimate of drug-likeness (QED) is 0.586. The zero-order valence-corrected chi connectivity index (χ0v) is 14.3. The Balaban J connectivity index is 1.80. The van der Waals surface area contributed by atoms with E-state index in [1.165, 1.54) is 0 Å². The molecule has 1 fully saturated rings. The fourth-order valence-corrected chi connectivity index (χ4v) is 5.24. The van der Waals surface area contributed by atoms with Crippen molar-refractivity contribution in [1.82, 2.24) is 19.7 Å². The monoisotopic (exact) mass is 350 g/mol. The first-order valence-electron chi connectivity index (χ1n) is 7.36. The molecule has 0 saturated carbocycles. The molecule has 1 aliphatic rings. The van der Waals surface area contributed by atoms with Crippen LogP contribution in [0.15, 0.2) is 42.2 Å². The molecule has 1 saturated heterocycles. The molecule has 3 heterocycles. The second kappa shape index (κ2) is 6.84. The van der Waals surface area contributed by atoms with Crippen molar-refractivity contribution < 1.29 is 8.42 Å². The van der Waals surface area contributed by atoms with Crippen molar-refractivity contribution >= 4 is 21.6 Å². The third-order valence-electron chi connectivity index (χ3n) is 3.73. The van der Waals surface area contributed by atoms with Crippen molar-refractivity contribution in [3.63, 3.8) is 0 Å². The summed E-state index contributed by atoms with van der Waals surface area (Å²) < 4.78 is 25.4. The average molecular weight is 350 g/mol. The third-order valence-corrected chi connectivity index (χ3v) is 6.50. The first kappa shape index (κ1) is 16.2. The van der Waals surface area contributed by atoms with Crippen LogP contribution in [0.25, 0.3) is 0 Å². The molecule has 0 unspecified atom stereocenters. The predicted octanol–water partition coefficient (Wildman–Crippen LogP) is 2.05. The van der Waals surface area contributed by atoms with Crippen LogP contribution >= 0.6 is 11.8 Å². The average Bonchev–Trinajstić information content (AvgIpc) is 3.10. The molecule has 0 aliphatic carbocycles. The van der Waals surface area contributed by atoms with Crippen LogP contribution in [-0.2, 0) is 22.1 Å². The Hall–Kier alpha value is -1.67. The van der Waals surface area contributed by atoms with Gasteiger partial charge in [0, 0.05) is 24.4 Å². The van der Waals surface area contributed by atoms with E-state index in [0.29, 0.717) is 18.7 Å². The highest BCUT2D eigenvalue weighted by molar-refractivity contribution is 7.98. The van der Waals surface area contributed by atoms with Gasteiger partial charge in [0.15, 0.2) is 15.0 Å². The van der Waals surface area contributed by atoms with Gasteiger partial charge in [-0.2, -0.15) is 0 Å². The maximum absolute atomic E-state index is 11.7. The Labute approximate surface area is 140 Å². The minimum absolute atomic E-state index is 0.0725. The fourth-order valence-electron chi connectivity index (χ4n) is 2.63. The molecule has 3 rings (SSSR count). The lowest BCUT2D eigenvalue weighted by Crippen LogP contribution is -2.11. The van der Waals surface area contributed by atoms with Gasteiger partial charge in [-0.3, -0.25) is 4.98 Å².